The van der Waals surface area contributed by atoms with Gasteiger partial charge < -0.3 is 4.79 Å². The van der Waals surface area contributed by atoms with E-state index in [1.807, 2.05) is 0 Å². The molecular formula is C17H14O. The molecule has 0 radical (unpaired) electrons. The number of aldehydes is 1. The first-order valence-electron chi connectivity index (χ1n) is 6.53. The summed E-state index contributed by atoms with van der Waals surface area (Å²) in [5.74, 6) is 0.845. The molecule has 0 aromatic heterocycles. The van der Waals surface area contributed by atoms with Gasteiger partial charge in [0, 0.05) is 17.8 Å². The van der Waals surface area contributed by atoms with E-state index in [4.69, 9.17) is 0 Å². The van der Waals surface area contributed by atoms with E-state index in [1.54, 1.807) is 0 Å². The SMILES string of the molecule is O=C[C@H]1CC2c3ccccc3C1c1ccccc12. The summed E-state index contributed by atoms with van der Waals surface area (Å²) in [6.07, 6.45) is 2.13. The highest BCUT2D eigenvalue weighted by atomic mass is 16.1. The maximum absolute atomic E-state index is 11.4. The Morgan fingerprint density at radius 3 is 1.83 bits per heavy atom. The number of benzene rings is 2. The maximum Gasteiger partial charge on any atom is 0.124 e. The van der Waals surface area contributed by atoms with Crippen molar-refractivity contribution in [1.29, 1.82) is 0 Å². The van der Waals surface area contributed by atoms with Gasteiger partial charge in [0.2, 0.25) is 0 Å². The lowest BCUT2D eigenvalue weighted by molar-refractivity contribution is -0.112. The minimum Gasteiger partial charge on any atom is -0.303 e. The van der Waals surface area contributed by atoms with E-state index >= 15 is 0 Å². The summed E-state index contributed by atoms with van der Waals surface area (Å²) >= 11 is 0. The predicted molar refractivity (Wildman–Crippen MR) is 70.7 cm³/mol. The van der Waals surface area contributed by atoms with Crippen molar-refractivity contribution in [2.45, 2.75) is 18.3 Å². The van der Waals surface area contributed by atoms with Crippen molar-refractivity contribution < 1.29 is 4.79 Å². The van der Waals surface area contributed by atoms with Crippen LogP contribution in [0.3, 0.4) is 0 Å². The average Bonchev–Trinajstić information content (AvgIpc) is 2.47. The molecule has 18 heavy (non-hydrogen) atoms. The first-order chi connectivity index (χ1) is 8.90. The molecule has 1 heteroatoms. The fourth-order valence-electron chi connectivity index (χ4n) is 3.82. The normalized spacial score (nSPS) is 27.4. The second-order valence-corrected chi connectivity index (χ2v) is 5.32. The first-order valence-corrected chi connectivity index (χ1v) is 6.53. The van der Waals surface area contributed by atoms with E-state index in [0.717, 1.165) is 12.7 Å². The molecule has 0 saturated heterocycles. The smallest absolute Gasteiger partial charge is 0.124 e. The van der Waals surface area contributed by atoms with Gasteiger partial charge in [-0.1, -0.05) is 48.5 Å². The van der Waals surface area contributed by atoms with Crippen molar-refractivity contribution >= 4 is 6.29 Å². The van der Waals surface area contributed by atoms with Gasteiger partial charge in [0.1, 0.15) is 6.29 Å². The summed E-state index contributed by atoms with van der Waals surface area (Å²) in [7, 11) is 0. The van der Waals surface area contributed by atoms with Crippen LogP contribution in [-0.2, 0) is 4.79 Å². The van der Waals surface area contributed by atoms with Crippen LogP contribution in [0.15, 0.2) is 48.5 Å². The highest BCUT2D eigenvalue weighted by Crippen LogP contribution is 2.54. The molecule has 0 aliphatic heterocycles. The molecule has 1 nitrogen and oxygen atoms in total. The molecule has 0 spiro atoms. The van der Waals surface area contributed by atoms with E-state index in [0.29, 0.717) is 5.92 Å². The number of hydrogen-bond donors (Lipinski definition) is 0. The molecule has 0 amide bonds. The van der Waals surface area contributed by atoms with Gasteiger partial charge in [-0.3, -0.25) is 0 Å². The van der Waals surface area contributed by atoms with Crippen LogP contribution in [0.2, 0.25) is 0 Å². The largest absolute Gasteiger partial charge is 0.303 e. The van der Waals surface area contributed by atoms with Gasteiger partial charge in [-0.2, -0.15) is 0 Å². The maximum atomic E-state index is 11.4. The van der Waals surface area contributed by atoms with Gasteiger partial charge >= 0.3 is 0 Å². The number of rotatable bonds is 1. The van der Waals surface area contributed by atoms with Crippen molar-refractivity contribution in [2.24, 2.45) is 5.92 Å². The molecule has 0 heterocycles. The molecule has 0 unspecified atom stereocenters. The third kappa shape index (κ3) is 1.14. The molecular weight excluding hydrogens is 220 g/mol. The Kier molecular flexibility index (Phi) is 1.99. The molecule has 2 bridgehead atoms. The van der Waals surface area contributed by atoms with Crippen molar-refractivity contribution in [3.8, 4) is 0 Å². The van der Waals surface area contributed by atoms with E-state index in [1.165, 1.54) is 22.3 Å². The molecule has 3 aliphatic carbocycles. The summed E-state index contributed by atoms with van der Waals surface area (Å²) in [5, 5.41) is 0. The zero-order valence-corrected chi connectivity index (χ0v) is 10.0. The molecule has 0 fully saturated rings. The van der Waals surface area contributed by atoms with Crippen molar-refractivity contribution in [2.75, 3.05) is 0 Å². The minimum absolute atomic E-state index is 0.153. The Morgan fingerprint density at radius 2 is 1.33 bits per heavy atom. The van der Waals surface area contributed by atoms with Crippen LogP contribution in [-0.4, -0.2) is 6.29 Å². The van der Waals surface area contributed by atoms with Crippen molar-refractivity contribution in [3.63, 3.8) is 0 Å². The molecule has 1 atom stereocenters. The lowest BCUT2D eigenvalue weighted by Crippen LogP contribution is -2.32. The van der Waals surface area contributed by atoms with E-state index in [2.05, 4.69) is 48.5 Å². The molecule has 0 N–H and O–H groups in total. The lowest BCUT2D eigenvalue weighted by Gasteiger charge is -2.43. The van der Waals surface area contributed by atoms with Crippen LogP contribution < -0.4 is 0 Å². The quantitative estimate of drug-likeness (QED) is 0.690. The molecule has 3 aliphatic rings. The van der Waals surface area contributed by atoms with Gasteiger partial charge in [0.15, 0.2) is 0 Å². The van der Waals surface area contributed by atoms with Crippen LogP contribution in [0.1, 0.15) is 40.5 Å². The van der Waals surface area contributed by atoms with Crippen LogP contribution >= 0.6 is 0 Å². The van der Waals surface area contributed by atoms with Crippen LogP contribution in [0.25, 0.3) is 0 Å². The van der Waals surface area contributed by atoms with Gasteiger partial charge in [0.25, 0.3) is 0 Å². The Balaban J connectivity index is 2.03. The van der Waals surface area contributed by atoms with Gasteiger partial charge in [-0.15, -0.1) is 0 Å². The fraction of sp³-hybridized carbons (Fsp3) is 0.235. The standard InChI is InChI=1S/C17H14O/c18-10-11-9-16-12-5-1-3-7-14(12)17(11)15-8-4-2-6-13(15)16/h1-8,10-11,16-17H,9H2/t11-,16?,17?/m1/s1. The summed E-state index contributed by atoms with van der Waals surface area (Å²) in [6, 6.07) is 17.2. The highest BCUT2D eigenvalue weighted by molar-refractivity contribution is 5.66. The van der Waals surface area contributed by atoms with E-state index in [-0.39, 0.29) is 11.8 Å². The topological polar surface area (TPSA) is 17.1 Å². The zero-order valence-electron chi connectivity index (χ0n) is 10.0. The number of fused-ring (bicyclic) bond motifs is 1. The van der Waals surface area contributed by atoms with Crippen LogP contribution in [0.4, 0.5) is 0 Å². The monoisotopic (exact) mass is 234 g/mol. The van der Waals surface area contributed by atoms with E-state index < -0.39 is 0 Å². The van der Waals surface area contributed by atoms with Crippen molar-refractivity contribution in [1.82, 2.24) is 0 Å². The lowest BCUT2D eigenvalue weighted by atomic mass is 9.59. The number of hydrogen-bond acceptors (Lipinski definition) is 1. The van der Waals surface area contributed by atoms with Gasteiger partial charge in [0.05, 0.1) is 0 Å². The molecule has 88 valence electrons. The summed E-state index contributed by atoms with van der Waals surface area (Å²) in [4.78, 5) is 11.4. The summed E-state index contributed by atoms with van der Waals surface area (Å²) in [5.41, 5.74) is 5.59. The second-order valence-electron chi connectivity index (χ2n) is 5.32. The minimum atomic E-state index is 0.153. The summed E-state index contributed by atoms with van der Waals surface area (Å²) < 4.78 is 0. The second kappa shape index (κ2) is 3.55. The molecule has 5 rings (SSSR count). The van der Waals surface area contributed by atoms with Gasteiger partial charge in [-0.25, -0.2) is 0 Å². The highest BCUT2D eigenvalue weighted by Gasteiger charge is 2.42. The molecule has 2 aromatic rings. The Labute approximate surface area is 106 Å². The van der Waals surface area contributed by atoms with Gasteiger partial charge in [-0.05, 0) is 28.7 Å². The average molecular weight is 234 g/mol. The molecule has 2 aromatic carbocycles. The van der Waals surface area contributed by atoms with Crippen LogP contribution in [0, 0.1) is 5.92 Å². The third-order valence-corrected chi connectivity index (χ3v) is 4.52. The fourth-order valence-corrected chi connectivity index (χ4v) is 3.82. The Bertz CT molecular complexity index is 582. The summed E-state index contributed by atoms with van der Waals surface area (Å²) in [6.45, 7) is 0. The zero-order chi connectivity index (χ0) is 12.1. The Hall–Kier alpha value is -1.89. The predicted octanol–water partition coefficient (Wildman–Crippen LogP) is 3.48. The molecule has 0 saturated carbocycles. The third-order valence-electron chi connectivity index (χ3n) is 4.52. The number of carbonyl (C=O) groups is 1. The van der Waals surface area contributed by atoms with Crippen LogP contribution in [0.5, 0.6) is 0 Å². The number of carbonyl (C=O) groups excluding carboxylic acids is 1. The van der Waals surface area contributed by atoms with Crippen molar-refractivity contribution in [3.05, 3.63) is 70.8 Å². The van der Waals surface area contributed by atoms with E-state index in [9.17, 15) is 4.79 Å². The Morgan fingerprint density at radius 1 is 0.833 bits per heavy atom. The first kappa shape index (κ1) is 10.1.